The maximum Gasteiger partial charge on any atom is 0.0727 e. The second-order valence-electron chi connectivity index (χ2n) is 14.9. The van der Waals surface area contributed by atoms with Gasteiger partial charge in [0.05, 0.1) is 21.4 Å². The normalized spacial score (nSPS) is 11.4. The highest BCUT2D eigenvalue weighted by molar-refractivity contribution is 7.27. The summed E-state index contributed by atoms with van der Waals surface area (Å²) in [6.07, 6.45) is 0. The lowest BCUT2D eigenvalue weighted by Gasteiger charge is -2.28. The van der Waals surface area contributed by atoms with Gasteiger partial charge in [0.2, 0.25) is 0 Å². The summed E-state index contributed by atoms with van der Waals surface area (Å²) in [6.45, 7) is 0. The van der Waals surface area contributed by atoms with Crippen molar-refractivity contribution in [3.8, 4) is 50.2 Å². The van der Waals surface area contributed by atoms with Crippen LogP contribution in [0, 0.1) is 0 Å². The number of fused-ring (bicyclic) bond motifs is 5. The van der Waals surface area contributed by atoms with Crippen molar-refractivity contribution in [1.82, 2.24) is 4.57 Å². The predicted octanol–water partition coefficient (Wildman–Crippen LogP) is 16.1. The van der Waals surface area contributed by atoms with E-state index in [1.165, 1.54) is 81.4 Å². The first-order valence-electron chi connectivity index (χ1n) is 20.1. The van der Waals surface area contributed by atoms with Crippen LogP contribution in [0.25, 0.3) is 81.4 Å². The zero-order chi connectivity index (χ0) is 39.1. The predicted molar refractivity (Wildman–Crippen MR) is 253 cm³/mol. The van der Waals surface area contributed by atoms with Gasteiger partial charge in [-0.25, -0.2) is 0 Å². The maximum atomic E-state index is 2.44. The van der Waals surface area contributed by atoms with E-state index in [1.807, 2.05) is 11.3 Å². The molecule has 0 atom stereocenters. The van der Waals surface area contributed by atoms with Gasteiger partial charge in [0.15, 0.2) is 0 Å². The number of hydrogen-bond acceptors (Lipinski definition) is 2. The molecule has 0 radical (unpaired) electrons. The zero-order valence-corrected chi connectivity index (χ0v) is 33.1. The standard InChI is InChI=1S/C56H38N2S/c1-4-16-39(17-5-1)41-30-32-43(33-31-41)48-24-10-12-28-52(48)57(46-36-34-42(35-37-46)40-18-6-2-7-19-40)47-23-14-20-44(38-47)49-26-15-27-51-54-56(59-55(49)51)50-25-11-13-29-53(50)58(54)45-21-8-3-9-22-45/h1-38H. The Kier molecular flexibility index (Phi) is 8.72. The number of aromatic nitrogens is 1. The Balaban J connectivity index is 1.07. The van der Waals surface area contributed by atoms with Crippen molar-refractivity contribution in [2.75, 3.05) is 4.90 Å². The van der Waals surface area contributed by atoms with E-state index in [0.717, 1.165) is 17.1 Å². The lowest BCUT2D eigenvalue weighted by atomic mass is 9.97. The van der Waals surface area contributed by atoms with Gasteiger partial charge in [-0.15, -0.1) is 11.3 Å². The summed E-state index contributed by atoms with van der Waals surface area (Å²) in [5.74, 6) is 0. The molecule has 0 saturated carbocycles. The Bertz CT molecular complexity index is 3240. The van der Waals surface area contributed by atoms with Gasteiger partial charge in [-0.05, 0) is 87.5 Å². The highest BCUT2D eigenvalue weighted by Crippen LogP contribution is 2.47. The van der Waals surface area contributed by atoms with Gasteiger partial charge in [0, 0.05) is 38.1 Å². The molecular weight excluding hydrogens is 733 g/mol. The third-order valence-electron chi connectivity index (χ3n) is 11.4. The van der Waals surface area contributed by atoms with Crippen molar-refractivity contribution >= 4 is 59.6 Å². The summed E-state index contributed by atoms with van der Waals surface area (Å²) in [6, 6.07) is 83.4. The molecular formula is C56H38N2S. The van der Waals surface area contributed by atoms with Gasteiger partial charge in [0.25, 0.3) is 0 Å². The number of hydrogen-bond donors (Lipinski definition) is 0. The molecule has 11 rings (SSSR count). The summed E-state index contributed by atoms with van der Waals surface area (Å²) < 4.78 is 5.05. The van der Waals surface area contributed by atoms with Crippen LogP contribution >= 0.6 is 11.3 Å². The van der Waals surface area contributed by atoms with Crippen molar-refractivity contribution in [3.05, 3.63) is 231 Å². The molecule has 2 heterocycles. The molecule has 0 spiro atoms. The molecule has 0 N–H and O–H groups in total. The van der Waals surface area contributed by atoms with E-state index in [-0.39, 0.29) is 0 Å². The minimum absolute atomic E-state index is 1.10. The van der Waals surface area contributed by atoms with Crippen LogP contribution in [0.15, 0.2) is 231 Å². The van der Waals surface area contributed by atoms with E-state index in [1.54, 1.807) is 0 Å². The SMILES string of the molecule is c1ccc(-c2ccc(-c3ccccc3N(c3ccc(-c4ccccc4)cc3)c3cccc(-c4cccc5c4sc4c6ccccc6n(-c6ccccc6)c54)c3)cc2)cc1. The van der Waals surface area contributed by atoms with Crippen molar-refractivity contribution in [1.29, 1.82) is 0 Å². The number of para-hydroxylation sites is 3. The first-order chi connectivity index (χ1) is 29.3. The van der Waals surface area contributed by atoms with Crippen LogP contribution in [0.4, 0.5) is 17.1 Å². The van der Waals surface area contributed by atoms with E-state index >= 15 is 0 Å². The van der Waals surface area contributed by atoms with Gasteiger partial charge < -0.3 is 9.47 Å². The molecule has 278 valence electrons. The highest BCUT2D eigenvalue weighted by atomic mass is 32.1. The lowest BCUT2D eigenvalue weighted by molar-refractivity contribution is 1.19. The molecule has 3 heteroatoms. The van der Waals surface area contributed by atoms with E-state index in [2.05, 4.69) is 240 Å². The third-order valence-corrected chi connectivity index (χ3v) is 12.7. The second kappa shape index (κ2) is 14.8. The largest absolute Gasteiger partial charge is 0.310 e. The van der Waals surface area contributed by atoms with Crippen LogP contribution in [0.5, 0.6) is 0 Å². The smallest absolute Gasteiger partial charge is 0.0727 e. The number of rotatable bonds is 8. The highest BCUT2D eigenvalue weighted by Gasteiger charge is 2.21. The van der Waals surface area contributed by atoms with Gasteiger partial charge in [-0.3, -0.25) is 0 Å². The Labute approximate surface area is 348 Å². The van der Waals surface area contributed by atoms with Crippen LogP contribution in [0.2, 0.25) is 0 Å². The van der Waals surface area contributed by atoms with E-state index in [9.17, 15) is 0 Å². The molecule has 0 saturated heterocycles. The van der Waals surface area contributed by atoms with Crippen molar-refractivity contribution in [2.24, 2.45) is 0 Å². The number of benzene rings is 9. The summed E-state index contributed by atoms with van der Waals surface area (Å²) in [5, 5.41) is 2.55. The van der Waals surface area contributed by atoms with Gasteiger partial charge in [0.1, 0.15) is 0 Å². The quantitative estimate of drug-likeness (QED) is 0.149. The Morgan fingerprint density at radius 3 is 1.59 bits per heavy atom. The van der Waals surface area contributed by atoms with E-state index < -0.39 is 0 Å². The van der Waals surface area contributed by atoms with Crippen LogP contribution in [0.1, 0.15) is 0 Å². The third kappa shape index (κ3) is 6.20. The number of anilines is 3. The molecule has 0 aliphatic heterocycles. The fourth-order valence-electron chi connectivity index (χ4n) is 8.62. The molecule has 0 amide bonds. The number of thiophene rings is 1. The van der Waals surface area contributed by atoms with Crippen LogP contribution in [-0.2, 0) is 0 Å². The van der Waals surface area contributed by atoms with Crippen LogP contribution in [0.3, 0.4) is 0 Å². The fraction of sp³-hybridized carbons (Fsp3) is 0. The molecule has 0 fully saturated rings. The molecule has 0 unspecified atom stereocenters. The summed E-state index contributed by atoms with van der Waals surface area (Å²) >= 11 is 1.90. The average Bonchev–Trinajstić information content (AvgIpc) is 3.86. The second-order valence-corrected chi connectivity index (χ2v) is 15.9. The number of nitrogens with zero attached hydrogens (tertiary/aromatic N) is 2. The Morgan fingerprint density at radius 2 is 0.864 bits per heavy atom. The fourth-order valence-corrected chi connectivity index (χ4v) is 9.98. The van der Waals surface area contributed by atoms with Crippen molar-refractivity contribution < 1.29 is 0 Å². The maximum absolute atomic E-state index is 2.44. The molecule has 59 heavy (non-hydrogen) atoms. The van der Waals surface area contributed by atoms with E-state index in [0.29, 0.717) is 0 Å². The van der Waals surface area contributed by atoms with Gasteiger partial charge >= 0.3 is 0 Å². The molecule has 0 bridgehead atoms. The minimum atomic E-state index is 1.10. The molecule has 2 aromatic heterocycles. The summed E-state index contributed by atoms with van der Waals surface area (Å²) in [7, 11) is 0. The Hall–Kier alpha value is -7.46. The molecule has 2 nitrogen and oxygen atoms in total. The van der Waals surface area contributed by atoms with E-state index in [4.69, 9.17) is 0 Å². The summed E-state index contributed by atoms with van der Waals surface area (Å²) in [5.41, 5.74) is 16.6. The molecule has 0 aliphatic carbocycles. The van der Waals surface area contributed by atoms with Crippen LogP contribution in [-0.4, -0.2) is 4.57 Å². The lowest BCUT2D eigenvalue weighted by Crippen LogP contribution is -2.11. The topological polar surface area (TPSA) is 8.17 Å². The summed E-state index contributed by atoms with van der Waals surface area (Å²) in [4.78, 5) is 2.42. The monoisotopic (exact) mass is 770 g/mol. The minimum Gasteiger partial charge on any atom is -0.310 e. The first-order valence-corrected chi connectivity index (χ1v) is 20.9. The molecule has 9 aromatic carbocycles. The van der Waals surface area contributed by atoms with Crippen molar-refractivity contribution in [2.45, 2.75) is 0 Å². The first kappa shape index (κ1) is 34.8. The molecule has 0 aliphatic rings. The van der Waals surface area contributed by atoms with Gasteiger partial charge in [-0.2, -0.15) is 0 Å². The van der Waals surface area contributed by atoms with Crippen molar-refractivity contribution in [3.63, 3.8) is 0 Å². The molecule has 11 aromatic rings. The Morgan fingerprint density at radius 1 is 0.339 bits per heavy atom. The van der Waals surface area contributed by atoms with Gasteiger partial charge in [-0.1, -0.05) is 182 Å². The average molecular weight is 771 g/mol. The zero-order valence-electron chi connectivity index (χ0n) is 32.2. The van der Waals surface area contributed by atoms with Crippen LogP contribution < -0.4 is 4.90 Å².